The number of aryl methyl sites for hydroxylation is 1. The van der Waals surface area contributed by atoms with Crippen LogP contribution in [0.5, 0.6) is 0 Å². The van der Waals surface area contributed by atoms with E-state index in [9.17, 15) is 31.1 Å². The predicted octanol–water partition coefficient (Wildman–Crippen LogP) is 9.40. The summed E-state index contributed by atoms with van der Waals surface area (Å²) in [6.07, 6.45) is -4.92. The molecule has 2 fully saturated rings. The van der Waals surface area contributed by atoms with Gasteiger partial charge in [-0.2, -0.15) is 26.3 Å². The van der Waals surface area contributed by atoms with Crippen molar-refractivity contribution in [3.8, 4) is 10.4 Å². The van der Waals surface area contributed by atoms with Crippen LogP contribution in [0.4, 0.5) is 37.0 Å². The first-order valence-corrected chi connectivity index (χ1v) is 15.2. The van der Waals surface area contributed by atoms with Crippen molar-refractivity contribution in [2.75, 3.05) is 11.4 Å². The Morgan fingerprint density at radius 2 is 1.65 bits per heavy atom. The molecule has 0 bridgehead atoms. The molecule has 3 aromatic rings. The van der Waals surface area contributed by atoms with Gasteiger partial charge in [-0.05, 0) is 80.5 Å². The molecule has 232 valence electrons. The molecule has 1 saturated carbocycles. The first kappa shape index (κ1) is 31.2. The number of nitrogens with zero attached hydrogens (tertiary/aromatic N) is 3. The Labute approximate surface area is 250 Å². The normalized spacial score (nSPS) is 20.0. The van der Waals surface area contributed by atoms with E-state index in [1.807, 2.05) is 37.6 Å². The fourth-order valence-electron chi connectivity index (χ4n) is 6.06. The van der Waals surface area contributed by atoms with E-state index in [2.05, 4.69) is 4.90 Å². The molecule has 0 radical (unpaired) electrons. The second-order valence-corrected chi connectivity index (χ2v) is 12.2. The Balaban J connectivity index is 1.51. The fourth-order valence-corrected chi connectivity index (χ4v) is 6.94. The van der Waals surface area contributed by atoms with Crippen LogP contribution < -0.4 is 4.90 Å². The molecule has 1 aliphatic heterocycles. The van der Waals surface area contributed by atoms with Crippen LogP contribution in [0.15, 0.2) is 41.9 Å². The molecule has 2 aromatic heterocycles. The molecule has 3 heterocycles. The number of anilines is 1. The van der Waals surface area contributed by atoms with Crippen LogP contribution in [0.1, 0.15) is 79.9 Å². The number of aromatic nitrogens is 1. The summed E-state index contributed by atoms with van der Waals surface area (Å²) in [5, 5.41) is 2.03. The number of halogens is 6. The van der Waals surface area contributed by atoms with Gasteiger partial charge in [0.05, 0.1) is 23.7 Å². The minimum atomic E-state index is -5.01. The molecule has 1 saturated heterocycles. The molecule has 1 amide bonds. The van der Waals surface area contributed by atoms with Gasteiger partial charge < -0.3 is 9.64 Å². The number of hydrogen-bond acceptors (Lipinski definition) is 5. The molecule has 0 N–H and O–H groups in total. The number of benzene rings is 1. The molecular formula is C31H33F6N3O2S. The second-order valence-electron chi connectivity index (χ2n) is 11.3. The molecular weight excluding hydrogens is 592 g/mol. The quantitative estimate of drug-likeness (QED) is 0.246. The van der Waals surface area contributed by atoms with E-state index >= 15 is 0 Å². The van der Waals surface area contributed by atoms with Crippen LogP contribution in [0.2, 0.25) is 0 Å². The third-order valence-corrected chi connectivity index (χ3v) is 9.35. The average molecular weight is 626 g/mol. The number of hydrogen-bond donors (Lipinski definition) is 0. The summed E-state index contributed by atoms with van der Waals surface area (Å²) >= 11 is 1.56. The van der Waals surface area contributed by atoms with Crippen molar-refractivity contribution in [3.63, 3.8) is 0 Å². The minimum absolute atomic E-state index is 0.0331. The SMILES string of the molecule is CCN(c1ncc(-c2cc(C)cs2)cc1CN1C(=O)O[C@H](c2cc(C(F)(F)F)cc(C(F)(F)F)c2)[C@@H]1C)C1CCCCC1. The van der Waals surface area contributed by atoms with Crippen LogP contribution in [0.3, 0.4) is 0 Å². The third-order valence-electron chi connectivity index (χ3n) is 8.26. The lowest BCUT2D eigenvalue weighted by Crippen LogP contribution is -2.39. The Hall–Kier alpha value is -3.28. The van der Waals surface area contributed by atoms with E-state index in [-0.39, 0.29) is 24.2 Å². The van der Waals surface area contributed by atoms with Gasteiger partial charge in [-0.15, -0.1) is 11.3 Å². The number of thiophene rings is 1. The Kier molecular flexibility index (Phi) is 8.70. The second kappa shape index (κ2) is 12.0. The standard InChI is InChI=1S/C31H33F6N3O2S/c1-4-39(25-8-6-5-7-9-25)28-22(11-21(15-38-28)26-10-18(2)17-43-26)16-40-19(3)27(42-29(40)41)20-12-23(30(32,33)34)14-24(13-20)31(35,36)37/h10-15,17,19,25,27H,4-9,16H2,1-3H3/t19-,27-/m0/s1. The van der Waals surface area contributed by atoms with Gasteiger partial charge >= 0.3 is 18.4 Å². The highest BCUT2D eigenvalue weighted by atomic mass is 32.1. The lowest BCUT2D eigenvalue weighted by atomic mass is 9.93. The highest BCUT2D eigenvalue weighted by Gasteiger charge is 2.43. The molecule has 0 spiro atoms. The fraction of sp³-hybridized carbons (Fsp3) is 0.484. The summed E-state index contributed by atoms with van der Waals surface area (Å²) in [7, 11) is 0. The maximum Gasteiger partial charge on any atom is 0.416 e. The van der Waals surface area contributed by atoms with E-state index < -0.39 is 41.7 Å². The van der Waals surface area contributed by atoms with Gasteiger partial charge in [-0.3, -0.25) is 4.90 Å². The van der Waals surface area contributed by atoms with E-state index in [0.717, 1.165) is 47.3 Å². The lowest BCUT2D eigenvalue weighted by molar-refractivity contribution is -0.143. The van der Waals surface area contributed by atoms with E-state index in [4.69, 9.17) is 9.72 Å². The predicted molar refractivity (Wildman–Crippen MR) is 153 cm³/mol. The Morgan fingerprint density at radius 3 is 2.21 bits per heavy atom. The number of carbonyl (C=O) groups excluding carboxylic acids is 1. The highest BCUT2D eigenvalue weighted by Crippen LogP contribution is 2.42. The number of rotatable bonds is 7. The van der Waals surface area contributed by atoms with Crippen molar-refractivity contribution in [3.05, 3.63) is 69.7 Å². The number of cyclic esters (lactones) is 1. The first-order chi connectivity index (χ1) is 20.3. The smallest absolute Gasteiger partial charge is 0.416 e. The summed E-state index contributed by atoms with van der Waals surface area (Å²) in [5.74, 6) is 0.716. The van der Waals surface area contributed by atoms with Gasteiger partial charge in [0, 0.05) is 34.8 Å². The summed E-state index contributed by atoms with van der Waals surface area (Å²) in [4.78, 5) is 22.6. The zero-order valence-corrected chi connectivity index (χ0v) is 24.9. The van der Waals surface area contributed by atoms with Crippen LogP contribution in [0, 0.1) is 6.92 Å². The van der Waals surface area contributed by atoms with Gasteiger partial charge in [0.15, 0.2) is 0 Å². The maximum absolute atomic E-state index is 13.6. The molecule has 1 aromatic carbocycles. The summed E-state index contributed by atoms with van der Waals surface area (Å²) in [6, 6.07) is 4.77. The number of ether oxygens (including phenoxy) is 1. The van der Waals surface area contributed by atoms with Crippen molar-refractivity contribution < 1.29 is 35.9 Å². The van der Waals surface area contributed by atoms with Gasteiger partial charge in [0.2, 0.25) is 0 Å². The van der Waals surface area contributed by atoms with Crippen molar-refractivity contribution in [1.29, 1.82) is 0 Å². The number of amides is 1. The van der Waals surface area contributed by atoms with Crippen LogP contribution in [-0.4, -0.2) is 34.6 Å². The number of pyridine rings is 1. The van der Waals surface area contributed by atoms with E-state index in [1.165, 1.54) is 11.3 Å². The third kappa shape index (κ3) is 6.63. The molecule has 2 aliphatic rings. The lowest BCUT2D eigenvalue weighted by Gasteiger charge is -2.36. The van der Waals surface area contributed by atoms with Crippen LogP contribution in [0.25, 0.3) is 10.4 Å². The van der Waals surface area contributed by atoms with Gasteiger partial charge in [0.25, 0.3) is 0 Å². The molecule has 5 rings (SSSR count). The van der Waals surface area contributed by atoms with Gasteiger partial charge in [-0.1, -0.05) is 19.3 Å². The minimum Gasteiger partial charge on any atom is -0.439 e. The van der Waals surface area contributed by atoms with Crippen molar-refractivity contribution in [2.45, 2.75) is 90.0 Å². The Morgan fingerprint density at radius 1 is 1.00 bits per heavy atom. The number of carbonyl (C=O) groups is 1. The van der Waals surface area contributed by atoms with Gasteiger partial charge in [-0.25, -0.2) is 9.78 Å². The molecule has 5 nitrogen and oxygen atoms in total. The monoisotopic (exact) mass is 625 g/mol. The van der Waals surface area contributed by atoms with Crippen LogP contribution in [-0.2, 0) is 23.6 Å². The van der Waals surface area contributed by atoms with E-state index in [0.29, 0.717) is 24.5 Å². The van der Waals surface area contributed by atoms with Crippen molar-refractivity contribution >= 4 is 23.2 Å². The van der Waals surface area contributed by atoms with Crippen molar-refractivity contribution in [2.24, 2.45) is 0 Å². The average Bonchev–Trinajstić information content (AvgIpc) is 3.52. The Bertz CT molecular complexity index is 1430. The highest BCUT2D eigenvalue weighted by molar-refractivity contribution is 7.13. The molecule has 0 unspecified atom stereocenters. The maximum atomic E-state index is 13.6. The number of alkyl halides is 6. The molecule has 12 heteroatoms. The largest absolute Gasteiger partial charge is 0.439 e. The molecule has 43 heavy (non-hydrogen) atoms. The molecule has 2 atom stereocenters. The summed E-state index contributed by atoms with van der Waals surface area (Å²) < 4.78 is 86.8. The van der Waals surface area contributed by atoms with Crippen molar-refractivity contribution in [1.82, 2.24) is 9.88 Å². The summed E-state index contributed by atoms with van der Waals surface area (Å²) in [5.41, 5.74) is -0.557. The van der Waals surface area contributed by atoms with E-state index in [1.54, 1.807) is 18.3 Å². The molecule has 1 aliphatic carbocycles. The summed E-state index contributed by atoms with van der Waals surface area (Å²) in [6.45, 7) is 6.33. The topological polar surface area (TPSA) is 45.7 Å². The zero-order valence-electron chi connectivity index (χ0n) is 24.1. The van der Waals surface area contributed by atoms with Gasteiger partial charge in [0.1, 0.15) is 11.9 Å². The first-order valence-electron chi connectivity index (χ1n) is 14.3. The van der Waals surface area contributed by atoms with Crippen LogP contribution >= 0.6 is 11.3 Å². The zero-order chi connectivity index (χ0) is 31.1.